The zero-order valence-electron chi connectivity index (χ0n) is 16.9. The van der Waals surface area contributed by atoms with Gasteiger partial charge >= 0.3 is 0 Å². The van der Waals surface area contributed by atoms with Gasteiger partial charge in [-0.1, -0.05) is 25.4 Å². The van der Waals surface area contributed by atoms with Gasteiger partial charge in [0.15, 0.2) is 17.0 Å². The van der Waals surface area contributed by atoms with Crippen molar-refractivity contribution < 1.29 is 5.11 Å². The van der Waals surface area contributed by atoms with E-state index in [1.807, 2.05) is 43.5 Å². The van der Waals surface area contributed by atoms with E-state index in [0.717, 1.165) is 16.9 Å². The highest BCUT2D eigenvalue weighted by atomic mass is 35.5. The molecule has 2 aromatic heterocycles. The lowest BCUT2D eigenvalue weighted by molar-refractivity contribution is 0.248. The molecule has 28 heavy (non-hydrogen) atoms. The van der Waals surface area contributed by atoms with Crippen LogP contribution in [0.2, 0.25) is 5.02 Å². The molecular formula is C20H27ClN6O. The molecule has 3 N–H and O–H groups in total. The SMILES string of the molecule is Cc1cc(Nc2nc(N[C@@H](CO)C(C)C)nc3c2ncn3C(C)C)ccc1Cl. The average Bonchev–Trinajstić information content (AvgIpc) is 3.07. The molecule has 8 heteroatoms. The smallest absolute Gasteiger partial charge is 0.227 e. The Morgan fingerprint density at radius 3 is 2.54 bits per heavy atom. The molecule has 3 aromatic rings. The Hall–Kier alpha value is -2.38. The number of halogens is 1. The van der Waals surface area contributed by atoms with Crippen LogP contribution in [0.3, 0.4) is 0 Å². The number of benzene rings is 1. The van der Waals surface area contributed by atoms with Gasteiger partial charge in [-0.3, -0.25) is 0 Å². The predicted molar refractivity (Wildman–Crippen MR) is 115 cm³/mol. The molecule has 0 amide bonds. The van der Waals surface area contributed by atoms with Gasteiger partial charge in [0, 0.05) is 16.8 Å². The minimum atomic E-state index is -0.140. The summed E-state index contributed by atoms with van der Waals surface area (Å²) < 4.78 is 2.00. The van der Waals surface area contributed by atoms with E-state index in [4.69, 9.17) is 11.6 Å². The van der Waals surface area contributed by atoms with Crippen LogP contribution < -0.4 is 10.6 Å². The summed E-state index contributed by atoms with van der Waals surface area (Å²) in [5.41, 5.74) is 3.27. The Bertz CT molecular complexity index is 969. The van der Waals surface area contributed by atoms with Crippen molar-refractivity contribution in [2.45, 2.75) is 46.7 Å². The molecule has 0 saturated heterocycles. The number of rotatable bonds is 7. The van der Waals surface area contributed by atoms with Crippen LogP contribution in [0.5, 0.6) is 0 Å². The highest BCUT2D eigenvalue weighted by Crippen LogP contribution is 2.28. The number of nitrogens with one attached hydrogen (secondary N) is 2. The van der Waals surface area contributed by atoms with Crippen LogP contribution in [-0.2, 0) is 0 Å². The van der Waals surface area contributed by atoms with Crippen molar-refractivity contribution in [3.05, 3.63) is 35.1 Å². The molecule has 2 heterocycles. The lowest BCUT2D eigenvalue weighted by Gasteiger charge is -2.20. The summed E-state index contributed by atoms with van der Waals surface area (Å²) in [5.74, 6) is 1.29. The minimum Gasteiger partial charge on any atom is -0.394 e. The number of nitrogens with zero attached hydrogens (tertiary/aromatic N) is 4. The molecule has 0 spiro atoms. The number of fused-ring (bicyclic) bond motifs is 1. The van der Waals surface area contributed by atoms with E-state index < -0.39 is 0 Å². The van der Waals surface area contributed by atoms with Gasteiger partial charge in [0.2, 0.25) is 5.95 Å². The predicted octanol–water partition coefficient (Wildman–Crippen LogP) is 4.54. The first-order valence-electron chi connectivity index (χ1n) is 9.45. The highest BCUT2D eigenvalue weighted by molar-refractivity contribution is 6.31. The third kappa shape index (κ3) is 4.20. The molecule has 0 fully saturated rings. The summed E-state index contributed by atoms with van der Waals surface area (Å²) in [7, 11) is 0. The highest BCUT2D eigenvalue weighted by Gasteiger charge is 2.18. The van der Waals surface area contributed by atoms with Crippen molar-refractivity contribution in [2.24, 2.45) is 5.92 Å². The van der Waals surface area contributed by atoms with E-state index in [9.17, 15) is 5.11 Å². The third-order valence-electron chi connectivity index (χ3n) is 4.71. The quantitative estimate of drug-likeness (QED) is 0.537. The monoisotopic (exact) mass is 402 g/mol. The fourth-order valence-electron chi connectivity index (χ4n) is 2.89. The summed E-state index contributed by atoms with van der Waals surface area (Å²) in [6.45, 7) is 10.2. The Balaban J connectivity index is 2.07. The maximum Gasteiger partial charge on any atom is 0.227 e. The molecule has 7 nitrogen and oxygen atoms in total. The van der Waals surface area contributed by atoms with Gasteiger partial charge in [-0.05, 0) is 50.5 Å². The molecule has 0 radical (unpaired) electrons. The van der Waals surface area contributed by atoms with E-state index in [1.54, 1.807) is 6.33 Å². The van der Waals surface area contributed by atoms with E-state index >= 15 is 0 Å². The van der Waals surface area contributed by atoms with Crippen molar-refractivity contribution in [1.29, 1.82) is 0 Å². The molecule has 1 atom stereocenters. The van der Waals surface area contributed by atoms with Gasteiger partial charge in [0.25, 0.3) is 0 Å². The van der Waals surface area contributed by atoms with Gasteiger partial charge < -0.3 is 20.3 Å². The van der Waals surface area contributed by atoms with Crippen molar-refractivity contribution >= 4 is 40.2 Å². The number of aliphatic hydroxyl groups excluding tert-OH is 1. The summed E-state index contributed by atoms with van der Waals surface area (Å²) in [5, 5.41) is 17.0. The number of aromatic nitrogens is 4. The van der Waals surface area contributed by atoms with Crippen LogP contribution >= 0.6 is 11.6 Å². The van der Waals surface area contributed by atoms with E-state index in [-0.39, 0.29) is 24.6 Å². The second-order valence-corrected chi connectivity index (χ2v) is 7.99. The van der Waals surface area contributed by atoms with Crippen LogP contribution in [-0.4, -0.2) is 37.3 Å². The Morgan fingerprint density at radius 2 is 1.93 bits per heavy atom. The average molecular weight is 403 g/mol. The van der Waals surface area contributed by atoms with Crippen molar-refractivity contribution in [3.8, 4) is 0 Å². The number of imidazole rings is 1. The van der Waals surface area contributed by atoms with Gasteiger partial charge in [0.1, 0.15) is 0 Å². The third-order valence-corrected chi connectivity index (χ3v) is 5.14. The summed E-state index contributed by atoms with van der Waals surface area (Å²) >= 11 is 6.14. The molecule has 0 unspecified atom stereocenters. The van der Waals surface area contributed by atoms with E-state index in [2.05, 4.69) is 39.4 Å². The van der Waals surface area contributed by atoms with Crippen LogP contribution in [0.1, 0.15) is 39.3 Å². The lowest BCUT2D eigenvalue weighted by Crippen LogP contribution is -2.30. The molecule has 3 rings (SSSR count). The Kier molecular flexibility index (Phi) is 6.05. The lowest BCUT2D eigenvalue weighted by atomic mass is 10.1. The Labute approximate surface area is 170 Å². The largest absolute Gasteiger partial charge is 0.394 e. The number of hydrogen-bond acceptors (Lipinski definition) is 6. The molecule has 0 bridgehead atoms. The second kappa shape index (κ2) is 8.32. The summed E-state index contributed by atoms with van der Waals surface area (Å²) in [4.78, 5) is 13.8. The minimum absolute atomic E-state index is 0.00163. The van der Waals surface area contributed by atoms with Gasteiger partial charge in [-0.15, -0.1) is 0 Å². The Morgan fingerprint density at radius 1 is 1.18 bits per heavy atom. The first kappa shape index (κ1) is 20.4. The maximum atomic E-state index is 9.67. The number of aryl methyl sites for hydroxylation is 1. The fraction of sp³-hybridized carbons (Fsp3) is 0.450. The van der Waals surface area contributed by atoms with Crippen LogP contribution in [0.25, 0.3) is 11.2 Å². The van der Waals surface area contributed by atoms with Crippen LogP contribution in [0.15, 0.2) is 24.5 Å². The number of aliphatic hydroxyl groups is 1. The molecule has 0 saturated carbocycles. The zero-order chi connectivity index (χ0) is 20.4. The summed E-state index contributed by atoms with van der Waals surface area (Å²) in [6, 6.07) is 5.79. The molecule has 1 aromatic carbocycles. The van der Waals surface area contributed by atoms with Gasteiger partial charge in [-0.25, -0.2) is 4.98 Å². The van der Waals surface area contributed by atoms with Crippen molar-refractivity contribution in [1.82, 2.24) is 19.5 Å². The van der Waals surface area contributed by atoms with Crippen LogP contribution in [0, 0.1) is 12.8 Å². The topological polar surface area (TPSA) is 87.9 Å². The molecule has 0 aliphatic carbocycles. The summed E-state index contributed by atoms with van der Waals surface area (Å²) in [6.07, 6.45) is 1.78. The number of hydrogen-bond donors (Lipinski definition) is 3. The standard InChI is InChI=1S/C20H27ClN6O/c1-11(2)16(9-28)24-20-25-18(23-14-6-7-15(21)13(5)8-14)17-19(26-20)27(10-22-17)12(3)4/h6-8,10-12,16,28H,9H2,1-5H3,(H2,23,24,25,26)/t16-/m0/s1. The fourth-order valence-corrected chi connectivity index (χ4v) is 3.01. The second-order valence-electron chi connectivity index (χ2n) is 7.58. The van der Waals surface area contributed by atoms with E-state index in [0.29, 0.717) is 22.3 Å². The van der Waals surface area contributed by atoms with E-state index in [1.165, 1.54) is 0 Å². The first-order valence-corrected chi connectivity index (χ1v) is 9.83. The maximum absolute atomic E-state index is 9.67. The molecule has 0 aliphatic rings. The van der Waals surface area contributed by atoms with Crippen molar-refractivity contribution in [3.63, 3.8) is 0 Å². The number of anilines is 3. The molecule has 150 valence electrons. The van der Waals surface area contributed by atoms with Crippen molar-refractivity contribution in [2.75, 3.05) is 17.2 Å². The van der Waals surface area contributed by atoms with Gasteiger partial charge in [-0.2, -0.15) is 9.97 Å². The van der Waals surface area contributed by atoms with Crippen LogP contribution in [0.4, 0.5) is 17.5 Å². The first-order chi connectivity index (χ1) is 13.3. The normalized spacial score (nSPS) is 12.8. The molecule has 0 aliphatic heterocycles. The van der Waals surface area contributed by atoms with Gasteiger partial charge in [0.05, 0.1) is 19.0 Å². The zero-order valence-corrected chi connectivity index (χ0v) is 17.6. The molecular weight excluding hydrogens is 376 g/mol.